The van der Waals surface area contributed by atoms with Gasteiger partial charge in [0.25, 0.3) is 17.4 Å². The molecule has 480 valence electrons. The fourth-order valence-electron chi connectivity index (χ4n) is 9.93. The largest absolute Gasteiger partial charge is 0.445 e. The fraction of sp³-hybridized carbons (Fsp3) is 0.500. The molecule has 4 aliphatic heterocycles. The SMILES string of the molecule is CC(C)[C@H](NC(=O)CCCCCN1C(=O)C=CC1=O)C(=O)N[C@@H](C)C(=O)Nc1ccc(COC(=O)N(C)CCCC(=O)Nc2ncnc3c2ncn3[C@@H]2O[C@@H]3CO[P@@](=O)(S)O[C@H]4C(n5cc(F)c6c(=O)[nH]cnc65)O[C@H](CO[P@@](=O)(S)O[C@H]3[C@H]2F)[C@H]4O)cc1. The molecular weight excluding hydrogens is 1260 g/mol. The summed E-state index contributed by atoms with van der Waals surface area (Å²) in [6, 6.07) is 4.50. The molecule has 12 atom stereocenters. The van der Waals surface area contributed by atoms with Gasteiger partial charge in [0.15, 0.2) is 47.1 Å². The van der Waals surface area contributed by atoms with Crippen LogP contribution in [0.15, 0.2) is 66.4 Å². The first-order valence-electron chi connectivity index (χ1n) is 27.8. The highest BCUT2D eigenvalue weighted by atomic mass is 32.7. The zero-order valence-corrected chi connectivity index (χ0v) is 51.5. The second kappa shape index (κ2) is 28.4. The lowest BCUT2D eigenvalue weighted by Crippen LogP contribution is -2.53. The lowest BCUT2D eigenvalue weighted by atomic mass is 10.0. The zero-order chi connectivity index (χ0) is 64.1. The molecule has 1 unspecified atom stereocenters. The van der Waals surface area contributed by atoms with Crippen molar-refractivity contribution >= 4 is 113 Å². The normalized spacial score (nSPS) is 26.1. The number of amides is 7. The number of thiol groups is 2. The Kier molecular flexibility index (Phi) is 21.2. The molecule has 3 saturated heterocycles. The Balaban J connectivity index is 0.716. The highest BCUT2D eigenvalue weighted by Gasteiger charge is 2.54. The zero-order valence-electron chi connectivity index (χ0n) is 47.9. The van der Waals surface area contributed by atoms with Crippen molar-refractivity contribution in [1.82, 2.24) is 54.5 Å². The van der Waals surface area contributed by atoms with E-state index in [1.54, 1.807) is 38.1 Å². The summed E-state index contributed by atoms with van der Waals surface area (Å²) in [6.45, 7) is -5.58. The summed E-state index contributed by atoms with van der Waals surface area (Å²) < 4.78 is 101. The summed E-state index contributed by atoms with van der Waals surface area (Å²) in [5.74, 6) is -4.10. The summed E-state index contributed by atoms with van der Waals surface area (Å²) in [6.07, 6.45) is -6.14. The number of nitrogens with one attached hydrogen (secondary N) is 5. The van der Waals surface area contributed by atoms with E-state index in [0.717, 1.165) is 39.2 Å². The van der Waals surface area contributed by atoms with Crippen LogP contribution in [-0.4, -0.2) is 173 Å². The molecule has 0 saturated carbocycles. The molecule has 0 radical (unpaired) electrons. The van der Waals surface area contributed by atoms with Crippen LogP contribution in [0.3, 0.4) is 0 Å². The van der Waals surface area contributed by atoms with Crippen molar-refractivity contribution in [2.75, 3.05) is 44.0 Å². The number of hydrogen-bond donors (Lipinski definition) is 8. The number of hydrogen-bond acceptors (Lipinski definition) is 22. The number of rotatable bonds is 21. The monoisotopic (exact) mass is 1320 g/mol. The molecular formula is C52H63F2N13O18P2S2. The van der Waals surface area contributed by atoms with Crippen molar-refractivity contribution in [3.63, 3.8) is 0 Å². The van der Waals surface area contributed by atoms with Gasteiger partial charge in [0.2, 0.25) is 23.6 Å². The molecule has 2 bridgehead atoms. The molecule has 4 aliphatic rings. The number of nitrogens with zero attached hydrogens (tertiary/aromatic N) is 8. The quantitative estimate of drug-likeness (QED) is 0.0221. The molecule has 31 nitrogen and oxygen atoms in total. The lowest BCUT2D eigenvalue weighted by Gasteiger charge is -2.26. The number of aromatic amines is 1. The molecule has 0 aliphatic carbocycles. The Morgan fingerprint density at radius 2 is 1.49 bits per heavy atom. The number of halogens is 2. The third-order valence-electron chi connectivity index (χ3n) is 14.6. The fourth-order valence-corrected chi connectivity index (χ4v) is 12.9. The van der Waals surface area contributed by atoms with Gasteiger partial charge in [0, 0.05) is 57.0 Å². The van der Waals surface area contributed by atoms with Crippen LogP contribution in [-0.2, 0) is 76.8 Å². The van der Waals surface area contributed by atoms with E-state index in [1.807, 2.05) is 0 Å². The predicted molar refractivity (Wildman–Crippen MR) is 314 cm³/mol. The van der Waals surface area contributed by atoms with Crippen LogP contribution in [0.25, 0.3) is 22.2 Å². The highest BCUT2D eigenvalue weighted by Crippen LogP contribution is 2.60. The first-order chi connectivity index (χ1) is 42.3. The van der Waals surface area contributed by atoms with Gasteiger partial charge < -0.3 is 55.0 Å². The van der Waals surface area contributed by atoms with Gasteiger partial charge in [-0.1, -0.05) is 56.9 Å². The van der Waals surface area contributed by atoms with E-state index in [9.17, 15) is 52.6 Å². The number of ether oxygens (including phenoxy) is 3. The topological polar surface area (TPSA) is 387 Å². The number of aliphatic hydroxyl groups excluding tert-OH is 1. The number of carbonyl (C=O) groups is 7. The van der Waals surface area contributed by atoms with Gasteiger partial charge in [-0.2, -0.15) is 0 Å². The number of alkyl halides is 1. The summed E-state index contributed by atoms with van der Waals surface area (Å²) >= 11 is 8.10. The Morgan fingerprint density at radius 3 is 2.20 bits per heavy atom. The third kappa shape index (κ3) is 15.9. The van der Waals surface area contributed by atoms with Crippen LogP contribution in [0.5, 0.6) is 0 Å². The smallest absolute Gasteiger partial charge is 0.409 e. The van der Waals surface area contributed by atoms with Gasteiger partial charge in [-0.3, -0.25) is 61.1 Å². The number of aliphatic hydroxyl groups is 1. The number of aromatic nitrogens is 7. The standard InChI is InChI=1S/C52H63F2N13O18P2S2/c1-26(2)39(62-33(68)9-6-5-7-18-65-35(70)15-16-36(65)71)49(75)60-27(3)47(73)61-29-13-11-28(12-14-29)20-79-52(76)64(4)17-8-10-34(69)63-44-40-46(57-23-55-44)67(25-59-40)50-38(54)42-32(83-50)22-81-87(78,89)85-43-41(72)31(21-80-86(77,88)84-42)82-51(43)66-19-30(53)37-45(66)56-24-58-48(37)74/h11-16,19,23-27,31-32,38-39,41-43,50-51,72H,5-10,17-18,20-22H2,1-4H3,(H,60,75)(H,61,73)(H,62,68)(H,77,88)(H,78,89)(H,56,58,74)(H,55,57,63,69)/t27-,31+,32+,38+,39-,41+,42+,43+,50+,51?,86+,87+/m0/s1. The van der Waals surface area contributed by atoms with Gasteiger partial charge in [-0.15, -0.1) is 0 Å². The molecule has 4 aromatic heterocycles. The maximum atomic E-state index is 16.7. The molecule has 9 rings (SSSR count). The Bertz CT molecular complexity index is 3680. The molecule has 5 aromatic rings. The minimum atomic E-state index is -4.62. The van der Waals surface area contributed by atoms with Gasteiger partial charge in [0.05, 0.1) is 25.9 Å². The number of carbonyl (C=O) groups excluding carboxylic acids is 7. The van der Waals surface area contributed by atoms with Crippen molar-refractivity contribution in [2.24, 2.45) is 5.92 Å². The maximum Gasteiger partial charge on any atom is 0.409 e. The summed E-state index contributed by atoms with van der Waals surface area (Å²) in [4.78, 5) is 122. The second-order valence-electron chi connectivity index (χ2n) is 21.4. The number of fused-ring (bicyclic) bond motifs is 5. The summed E-state index contributed by atoms with van der Waals surface area (Å²) in [5, 5.41) is 21.5. The number of anilines is 2. The van der Waals surface area contributed by atoms with Crippen molar-refractivity contribution in [3.8, 4) is 0 Å². The molecule has 8 heterocycles. The van der Waals surface area contributed by atoms with E-state index < -0.39 is 129 Å². The first kappa shape index (κ1) is 66.4. The van der Waals surface area contributed by atoms with Crippen molar-refractivity contribution < 1.29 is 88.9 Å². The van der Waals surface area contributed by atoms with Gasteiger partial charge >= 0.3 is 19.7 Å². The number of unbranched alkanes of at least 4 members (excludes halogenated alkanes) is 2. The van der Waals surface area contributed by atoms with E-state index >= 15 is 8.78 Å². The van der Waals surface area contributed by atoms with E-state index in [2.05, 4.69) is 70.7 Å². The van der Waals surface area contributed by atoms with Crippen LogP contribution >= 0.6 is 38.1 Å². The van der Waals surface area contributed by atoms with Crippen LogP contribution in [0.2, 0.25) is 0 Å². The average molecular weight is 1320 g/mol. The number of imidazole rings is 1. The van der Waals surface area contributed by atoms with Crippen LogP contribution in [0, 0.1) is 11.7 Å². The van der Waals surface area contributed by atoms with E-state index in [1.165, 1.54) is 31.0 Å². The van der Waals surface area contributed by atoms with Crippen molar-refractivity contribution in [3.05, 3.63) is 83.3 Å². The molecule has 89 heavy (non-hydrogen) atoms. The summed E-state index contributed by atoms with van der Waals surface area (Å²) in [5.41, 5.74) is -0.152. The molecule has 3 fully saturated rings. The van der Waals surface area contributed by atoms with Gasteiger partial charge in [0.1, 0.15) is 60.9 Å². The maximum absolute atomic E-state index is 16.7. The molecule has 0 spiro atoms. The molecule has 1 aromatic carbocycles. The van der Waals surface area contributed by atoms with Crippen LogP contribution in [0.4, 0.5) is 25.1 Å². The van der Waals surface area contributed by atoms with Crippen molar-refractivity contribution in [1.29, 1.82) is 0 Å². The van der Waals surface area contributed by atoms with Gasteiger partial charge in [-0.05, 0) is 49.8 Å². The highest BCUT2D eigenvalue weighted by molar-refractivity contribution is 8.44. The minimum Gasteiger partial charge on any atom is -0.445 e. The minimum absolute atomic E-state index is 0.00541. The predicted octanol–water partition coefficient (Wildman–Crippen LogP) is 4.15. The molecule has 6 N–H and O–H groups in total. The Morgan fingerprint density at radius 1 is 0.820 bits per heavy atom. The second-order valence-corrected chi connectivity index (χ2v) is 27.2. The molecule has 37 heteroatoms. The first-order valence-corrected chi connectivity index (χ1v) is 33.2. The average Bonchev–Trinajstić information content (AvgIpc) is 1.64. The van der Waals surface area contributed by atoms with Crippen LogP contribution < -0.4 is 26.8 Å². The third-order valence-corrected chi connectivity index (χ3v) is 17.9. The summed E-state index contributed by atoms with van der Waals surface area (Å²) in [7, 11) is 1.48. The number of H-pyrrole nitrogens is 1. The van der Waals surface area contributed by atoms with E-state index in [0.29, 0.717) is 30.5 Å². The Hall–Kier alpha value is -7.04. The number of benzene rings is 1. The Labute approximate surface area is 515 Å². The molecule has 7 amide bonds. The van der Waals surface area contributed by atoms with E-state index in [-0.39, 0.29) is 85.2 Å². The number of imide groups is 1. The van der Waals surface area contributed by atoms with Gasteiger partial charge in [-0.25, -0.2) is 42.6 Å². The van der Waals surface area contributed by atoms with E-state index in [4.69, 9.17) is 32.3 Å². The lowest BCUT2D eigenvalue weighted by molar-refractivity contribution is -0.137. The van der Waals surface area contributed by atoms with Crippen LogP contribution in [0.1, 0.15) is 77.3 Å². The van der Waals surface area contributed by atoms with Crippen molar-refractivity contribution in [2.45, 2.75) is 127 Å².